The van der Waals surface area contributed by atoms with Gasteiger partial charge in [-0.15, -0.1) is 0 Å². The fraction of sp³-hybridized carbons (Fsp3) is 0.217. The normalized spacial score (nSPS) is 13.6. The van der Waals surface area contributed by atoms with Crippen LogP contribution in [0.3, 0.4) is 0 Å². The monoisotopic (exact) mass is 355 g/mol. The summed E-state index contributed by atoms with van der Waals surface area (Å²) in [4.78, 5) is 18.1. The van der Waals surface area contributed by atoms with Crippen LogP contribution in [-0.4, -0.2) is 14.6 Å². The lowest BCUT2D eigenvalue weighted by Gasteiger charge is -2.13. The van der Waals surface area contributed by atoms with Crippen molar-refractivity contribution in [1.29, 1.82) is 0 Å². The van der Waals surface area contributed by atoms with Gasteiger partial charge in [-0.3, -0.25) is 9.89 Å². The average Bonchev–Trinajstić information content (AvgIpc) is 3.08. The third kappa shape index (κ3) is 2.78. The lowest BCUT2D eigenvalue weighted by molar-refractivity contribution is 0.650. The molecule has 2 aromatic heterocycles. The maximum absolute atomic E-state index is 13.1. The van der Waals surface area contributed by atoms with Crippen molar-refractivity contribution >= 4 is 5.65 Å². The second kappa shape index (κ2) is 6.54. The Morgan fingerprint density at radius 2 is 1.63 bits per heavy atom. The van der Waals surface area contributed by atoms with Crippen molar-refractivity contribution in [3.05, 3.63) is 93.5 Å². The number of nitrogens with one attached hydrogen (secondary N) is 1. The van der Waals surface area contributed by atoms with Crippen LogP contribution in [0.4, 0.5) is 0 Å². The first kappa shape index (κ1) is 16.1. The summed E-state index contributed by atoms with van der Waals surface area (Å²) < 4.78 is 1.66. The van der Waals surface area contributed by atoms with Gasteiger partial charge in [-0.1, -0.05) is 60.7 Å². The van der Waals surface area contributed by atoms with E-state index >= 15 is 0 Å². The van der Waals surface area contributed by atoms with Crippen LogP contribution in [0.5, 0.6) is 0 Å². The van der Waals surface area contributed by atoms with E-state index in [2.05, 4.69) is 29.4 Å². The van der Waals surface area contributed by atoms with Crippen molar-refractivity contribution in [3.63, 3.8) is 0 Å². The van der Waals surface area contributed by atoms with Crippen molar-refractivity contribution in [2.75, 3.05) is 0 Å². The molecule has 0 fully saturated rings. The van der Waals surface area contributed by atoms with Crippen molar-refractivity contribution in [2.24, 2.45) is 0 Å². The Kier molecular flexibility index (Phi) is 3.89. The largest absolute Gasteiger partial charge is 0.293 e. The summed E-state index contributed by atoms with van der Waals surface area (Å²) in [6.07, 6.45) is 4.64. The van der Waals surface area contributed by atoms with Gasteiger partial charge in [0, 0.05) is 23.2 Å². The lowest BCUT2D eigenvalue weighted by Crippen LogP contribution is -2.25. The Balaban J connectivity index is 1.78. The zero-order valence-electron chi connectivity index (χ0n) is 15.1. The number of fused-ring (bicyclic) bond motifs is 2. The van der Waals surface area contributed by atoms with Gasteiger partial charge in [0.15, 0.2) is 5.65 Å². The van der Waals surface area contributed by atoms with E-state index in [9.17, 15) is 4.79 Å². The molecule has 4 nitrogen and oxygen atoms in total. The Hall–Kier alpha value is -3.14. The molecule has 134 valence electrons. The smallest absolute Gasteiger partial charge is 0.276 e. The van der Waals surface area contributed by atoms with E-state index in [1.807, 2.05) is 36.4 Å². The first-order valence-electron chi connectivity index (χ1n) is 9.56. The second-order valence-electron chi connectivity index (χ2n) is 7.20. The minimum Gasteiger partial charge on any atom is -0.293 e. The number of aromatic nitrogens is 3. The maximum Gasteiger partial charge on any atom is 0.276 e. The van der Waals surface area contributed by atoms with Crippen LogP contribution in [0, 0.1) is 0 Å². The highest BCUT2D eigenvalue weighted by Gasteiger charge is 2.22. The fourth-order valence-electron chi connectivity index (χ4n) is 4.09. The third-order valence-corrected chi connectivity index (χ3v) is 5.41. The number of hydrogen-bond acceptors (Lipinski definition) is 2. The highest BCUT2D eigenvalue weighted by atomic mass is 16.1. The van der Waals surface area contributed by atoms with Crippen LogP contribution in [0.15, 0.2) is 65.5 Å². The van der Waals surface area contributed by atoms with Crippen molar-refractivity contribution in [2.45, 2.75) is 32.1 Å². The highest BCUT2D eigenvalue weighted by molar-refractivity contribution is 5.80. The molecule has 1 aliphatic rings. The second-order valence-corrected chi connectivity index (χ2v) is 7.20. The van der Waals surface area contributed by atoms with E-state index in [4.69, 9.17) is 4.98 Å². The molecule has 2 heterocycles. The van der Waals surface area contributed by atoms with Gasteiger partial charge in [-0.05, 0) is 36.8 Å². The molecule has 4 aromatic rings. The Morgan fingerprint density at radius 3 is 2.41 bits per heavy atom. The van der Waals surface area contributed by atoms with Crippen LogP contribution < -0.4 is 5.56 Å². The quantitative estimate of drug-likeness (QED) is 0.600. The van der Waals surface area contributed by atoms with E-state index in [0.717, 1.165) is 65.8 Å². The molecule has 0 aliphatic heterocycles. The predicted octanol–water partition coefficient (Wildman–Crippen LogP) is 4.16. The van der Waals surface area contributed by atoms with E-state index < -0.39 is 0 Å². The Labute approximate surface area is 157 Å². The van der Waals surface area contributed by atoms with Crippen LogP contribution in [0.2, 0.25) is 0 Å². The number of hydrogen-bond donors (Lipinski definition) is 1. The molecule has 0 saturated carbocycles. The molecule has 0 spiro atoms. The van der Waals surface area contributed by atoms with E-state index in [1.54, 1.807) is 4.52 Å². The van der Waals surface area contributed by atoms with E-state index in [0.29, 0.717) is 0 Å². The standard InChI is InChI=1S/C23H21N3O/c27-23-18-13-7-8-14-19(18)24-22-21(17-11-5-2-6-12-17)20(25-26(22)23)15-16-9-3-1-4-10-16/h1-6,9-12,25H,7-8,13-15H2. The van der Waals surface area contributed by atoms with Gasteiger partial charge in [0.25, 0.3) is 5.56 Å². The maximum atomic E-state index is 13.1. The molecule has 5 rings (SSSR count). The van der Waals surface area contributed by atoms with Gasteiger partial charge in [-0.25, -0.2) is 9.50 Å². The van der Waals surface area contributed by atoms with Gasteiger partial charge >= 0.3 is 0 Å². The minimum absolute atomic E-state index is 0.0613. The number of nitrogens with zero attached hydrogens (tertiary/aromatic N) is 2. The van der Waals surface area contributed by atoms with Crippen LogP contribution in [0.25, 0.3) is 16.8 Å². The van der Waals surface area contributed by atoms with E-state index in [-0.39, 0.29) is 5.56 Å². The first-order chi connectivity index (χ1) is 13.3. The molecule has 0 atom stereocenters. The van der Waals surface area contributed by atoms with E-state index in [1.165, 1.54) is 5.56 Å². The molecule has 0 radical (unpaired) electrons. The molecular formula is C23H21N3O. The van der Waals surface area contributed by atoms with Crippen molar-refractivity contribution in [1.82, 2.24) is 14.6 Å². The molecular weight excluding hydrogens is 334 g/mol. The number of rotatable bonds is 3. The Bertz CT molecular complexity index is 1160. The van der Waals surface area contributed by atoms with Gasteiger partial charge in [-0.2, -0.15) is 0 Å². The average molecular weight is 355 g/mol. The topological polar surface area (TPSA) is 50.2 Å². The van der Waals surface area contributed by atoms with Gasteiger partial charge in [0.05, 0.1) is 5.69 Å². The summed E-state index contributed by atoms with van der Waals surface area (Å²) >= 11 is 0. The SMILES string of the molecule is O=c1c2c(nc3c(-c4ccccc4)c(Cc4ccccc4)[nH]n13)CCCC2. The van der Waals surface area contributed by atoms with Gasteiger partial charge < -0.3 is 0 Å². The molecule has 4 heteroatoms. The van der Waals surface area contributed by atoms with Gasteiger partial charge in [0.1, 0.15) is 0 Å². The first-order valence-corrected chi connectivity index (χ1v) is 9.56. The number of aromatic amines is 1. The molecule has 0 saturated heterocycles. The molecule has 1 aliphatic carbocycles. The zero-order valence-corrected chi connectivity index (χ0v) is 15.1. The van der Waals surface area contributed by atoms with Crippen LogP contribution in [-0.2, 0) is 19.3 Å². The fourth-order valence-corrected chi connectivity index (χ4v) is 4.09. The zero-order chi connectivity index (χ0) is 18.2. The molecule has 0 bridgehead atoms. The lowest BCUT2D eigenvalue weighted by atomic mass is 9.97. The van der Waals surface area contributed by atoms with Crippen molar-refractivity contribution < 1.29 is 0 Å². The summed E-state index contributed by atoms with van der Waals surface area (Å²) in [5.74, 6) is 0. The summed E-state index contributed by atoms with van der Waals surface area (Å²) in [7, 11) is 0. The number of H-pyrrole nitrogens is 1. The molecule has 0 unspecified atom stereocenters. The molecule has 27 heavy (non-hydrogen) atoms. The number of aryl methyl sites for hydroxylation is 1. The molecule has 1 N–H and O–H groups in total. The summed E-state index contributed by atoms with van der Waals surface area (Å²) in [6.45, 7) is 0. The summed E-state index contributed by atoms with van der Waals surface area (Å²) in [5.41, 5.74) is 7.02. The minimum atomic E-state index is 0.0613. The van der Waals surface area contributed by atoms with Gasteiger partial charge in [0.2, 0.25) is 0 Å². The third-order valence-electron chi connectivity index (χ3n) is 5.41. The van der Waals surface area contributed by atoms with Crippen LogP contribution >= 0.6 is 0 Å². The Morgan fingerprint density at radius 1 is 0.926 bits per heavy atom. The number of benzene rings is 2. The summed E-state index contributed by atoms with van der Waals surface area (Å²) in [5, 5.41) is 3.37. The van der Waals surface area contributed by atoms with Crippen LogP contribution in [0.1, 0.15) is 35.4 Å². The molecule has 0 amide bonds. The predicted molar refractivity (Wildman–Crippen MR) is 107 cm³/mol. The highest BCUT2D eigenvalue weighted by Crippen LogP contribution is 2.29. The van der Waals surface area contributed by atoms with Crippen molar-refractivity contribution in [3.8, 4) is 11.1 Å². The summed E-state index contributed by atoms with van der Waals surface area (Å²) in [6, 6.07) is 20.6. The molecule has 2 aromatic carbocycles.